The average molecular weight is 540 g/mol. The number of carbonyl (C=O) groups is 2. The number of nitrogens with zero attached hydrogens (tertiary/aromatic N) is 4. The summed E-state index contributed by atoms with van der Waals surface area (Å²) < 4.78 is 11.6. The molecule has 2 N–H and O–H groups in total. The molecular weight excluding hydrogens is 498 g/mol. The summed E-state index contributed by atoms with van der Waals surface area (Å²) in [5.74, 6) is 2.50. The number of rotatable bonds is 11. The molecule has 4 rings (SSSR count). The number of allylic oxidation sites excluding steroid dienone is 2. The van der Waals surface area contributed by atoms with Crippen LogP contribution in [0.1, 0.15) is 69.7 Å². The van der Waals surface area contributed by atoms with Crippen molar-refractivity contribution >= 4 is 23.6 Å². The summed E-state index contributed by atoms with van der Waals surface area (Å²) in [4.78, 5) is 31.7. The third-order valence-electron chi connectivity index (χ3n) is 7.63. The van der Waals surface area contributed by atoms with E-state index in [0.717, 1.165) is 56.8 Å². The fourth-order valence-corrected chi connectivity index (χ4v) is 5.11. The predicted molar refractivity (Wildman–Crippen MR) is 149 cm³/mol. The summed E-state index contributed by atoms with van der Waals surface area (Å²) >= 11 is 0. The number of carboxylic acid groups (broad SMARTS) is 1. The Morgan fingerprint density at radius 1 is 1.21 bits per heavy atom. The van der Waals surface area contributed by atoms with E-state index in [9.17, 15) is 9.59 Å². The number of nitrogens with one attached hydrogen (secondary N) is 1. The first-order chi connectivity index (χ1) is 18.8. The number of ether oxygens (including phenoxy) is 1. The SMILES string of the molecule is CC(C)c1noc(N2CCC(COc3ccc(C4=CCC(C(=O)N(C)CCCNC(=O)O)CC4)cc3)CC2)n1. The Bertz CT molecular complexity index is 1120. The van der Waals surface area contributed by atoms with Gasteiger partial charge in [-0.3, -0.25) is 4.79 Å². The molecule has 1 fully saturated rings. The van der Waals surface area contributed by atoms with Crippen LogP contribution in [0.4, 0.5) is 10.8 Å². The van der Waals surface area contributed by atoms with Gasteiger partial charge in [-0.25, -0.2) is 4.79 Å². The van der Waals surface area contributed by atoms with Crippen molar-refractivity contribution in [1.29, 1.82) is 0 Å². The highest BCUT2D eigenvalue weighted by Crippen LogP contribution is 2.32. The van der Waals surface area contributed by atoms with Crippen LogP contribution < -0.4 is 15.0 Å². The molecule has 1 aromatic heterocycles. The molecule has 1 aliphatic heterocycles. The van der Waals surface area contributed by atoms with Gasteiger partial charge in [0, 0.05) is 45.1 Å². The predicted octanol–water partition coefficient (Wildman–Crippen LogP) is 4.79. The quantitative estimate of drug-likeness (QED) is 0.391. The van der Waals surface area contributed by atoms with E-state index >= 15 is 0 Å². The first kappa shape index (κ1) is 28.4. The molecule has 2 amide bonds. The zero-order valence-corrected chi connectivity index (χ0v) is 23.3. The van der Waals surface area contributed by atoms with Crippen molar-refractivity contribution in [1.82, 2.24) is 20.4 Å². The van der Waals surface area contributed by atoms with Crippen LogP contribution in [0, 0.1) is 11.8 Å². The lowest BCUT2D eigenvalue weighted by Gasteiger charge is -2.30. The normalized spacial score (nSPS) is 18.1. The fraction of sp³-hybridized carbons (Fsp3) is 0.586. The van der Waals surface area contributed by atoms with E-state index < -0.39 is 6.09 Å². The molecule has 1 aliphatic carbocycles. The number of hydrogen-bond donors (Lipinski definition) is 2. The largest absolute Gasteiger partial charge is 0.493 e. The van der Waals surface area contributed by atoms with Crippen LogP contribution in [-0.4, -0.2) is 72.0 Å². The van der Waals surface area contributed by atoms with E-state index in [1.54, 1.807) is 11.9 Å². The van der Waals surface area contributed by atoms with Gasteiger partial charge in [0.05, 0.1) is 6.61 Å². The standard InChI is InChI=1S/C29H41N5O5/c1-20(2)26-31-28(39-32-26)34-17-13-21(14-18-34)19-38-25-11-9-23(10-12-25)22-5-7-24(8-6-22)27(35)33(3)16-4-15-30-29(36)37/h5,9-12,20-21,24,30H,4,6-8,13-19H2,1-3H3,(H,36,37). The number of aromatic nitrogens is 2. The molecule has 2 aliphatic rings. The molecule has 0 spiro atoms. The Morgan fingerprint density at radius 2 is 1.95 bits per heavy atom. The lowest BCUT2D eigenvalue weighted by Crippen LogP contribution is -2.35. The van der Waals surface area contributed by atoms with E-state index in [2.05, 4.69) is 52.4 Å². The van der Waals surface area contributed by atoms with Crippen molar-refractivity contribution in [2.75, 3.05) is 44.7 Å². The van der Waals surface area contributed by atoms with E-state index in [1.807, 2.05) is 12.1 Å². The van der Waals surface area contributed by atoms with Crippen molar-refractivity contribution in [3.8, 4) is 5.75 Å². The molecule has 2 aromatic rings. The highest BCUT2D eigenvalue weighted by Gasteiger charge is 2.26. The molecule has 39 heavy (non-hydrogen) atoms. The summed E-state index contributed by atoms with van der Waals surface area (Å²) in [6, 6.07) is 8.91. The number of amides is 2. The summed E-state index contributed by atoms with van der Waals surface area (Å²) in [5.41, 5.74) is 2.45. The van der Waals surface area contributed by atoms with Gasteiger partial charge in [0.1, 0.15) is 5.75 Å². The number of hydrogen-bond acceptors (Lipinski definition) is 7. The van der Waals surface area contributed by atoms with Crippen molar-refractivity contribution in [3.05, 3.63) is 41.7 Å². The second-order valence-corrected chi connectivity index (χ2v) is 10.9. The monoisotopic (exact) mass is 539 g/mol. The average Bonchev–Trinajstić information content (AvgIpc) is 3.45. The Labute approximate surface area is 230 Å². The molecule has 2 heterocycles. The maximum absolute atomic E-state index is 12.8. The minimum atomic E-state index is -1.04. The first-order valence-corrected chi connectivity index (χ1v) is 14.0. The van der Waals surface area contributed by atoms with Gasteiger partial charge in [-0.05, 0) is 67.7 Å². The van der Waals surface area contributed by atoms with Gasteiger partial charge in [0.2, 0.25) is 5.91 Å². The molecule has 1 aromatic carbocycles. The topological polar surface area (TPSA) is 121 Å². The van der Waals surface area contributed by atoms with Crippen LogP contribution in [0.2, 0.25) is 0 Å². The van der Waals surface area contributed by atoms with Gasteiger partial charge in [-0.2, -0.15) is 4.98 Å². The van der Waals surface area contributed by atoms with Crippen LogP contribution >= 0.6 is 0 Å². The Kier molecular flexibility index (Phi) is 9.84. The van der Waals surface area contributed by atoms with E-state index in [0.29, 0.717) is 38.0 Å². The molecule has 1 atom stereocenters. The summed E-state index contributed by atoms with van der Waals surface area (Å²) in [6.07, 6.45) is 6.22. The van der Waals surface area contributed by atoms with Crippen molar-refractivity contribution in [3.63, 3.8) is 0 Å². The van der Waals surface area contributed by atoms with Crippen molar-refractivity contribution in [2.45, 2.75) is 58.3 Å². The smallest absolute Gasteiger partial charge is 0.404 e. The van der Waals surface area contributed by atoms with Gasteiger partial charge >= 0.3 is 12.1 Å². The Balaban J connectivity index is 1.18. The zero-order chi connectivity index (χ0) is 27.8. The molecule has 1 unspecified atom stereocenters. The third-order valence-corrected chi connectivity index (χ3v) is 7.63. The molecule has 10 nitrogen and oxygen atoms in total. The lowest BCUT2D eigenvalue weighted by atomic mass is 9.86. The first-order valence-electron chi connectivity index (χ1n) is 14.0. The lowest BCUT2D eigenvalue weighted by molar-refractivity contribution is -0.134. The second kappa shape index (κ2) is 13.5. The van der Waals surface area contributed by atoms with Gasteiger partial charge in [0.25, 0.3) is 0 Å². The number of anilines is 1. The van der Waals surface area contributed by atoms with E-state index in [-0.39, 0.29) is 17.7 Å². The molecular formula is C29H41N5O5. The van der Waals surface area contributed by atoms with Crippen LogP contribution in [-0.2, 0) is 4.79 Å². The molecule has 1 saturated heterocycles. The Morgan fingerprint density at radius 3 is 2.56 bits per heavy atom. The number of piperidine rings is 1. The summed E-state index contributed by atoms with van der Waals surface area (Å²) in [6.45, 7) is 7.49. The minimum Gasteiger partial charge on any atom is -0.493 e. The molecule has 0 saturated carbocycles. The maximum Gasteiger partial charge on any atom is 0.404 e. The van der Waals surface area contributed by atoms with Gasteiger partial charge in [-0.15, -0.1) is 0 Å². The van der Waals surface area contributed by atoms with Gasteiger partial charge in [0.15, 0.2) is 5.82 Å². The number of carbonyl (C=O) groups excluding carboxylic acids is 1. The highest BCUT2D eigenvalue weighted by atomic mass is 16.5. The third kappa shape index (κ3) is 7.97. The van der Waals surface area contributed by atoms with Crippen LogP contribution in [0.25, 0.3) is 5.57 Å². The zero-order valence-electron chi connectivity index (χ0n) is 23.3. The van der Waals surface area contributed by atoms with Gasteiger partial charge < -0.3 is 29.5 Å². The summed E-state index contributed by atoms with van der Waals surface area (Å²) in [5, 5.41) is 15.1. The summed E-state index contributed by atoms with van der Waals surface area (Å²) in [7, 11) is 1.79. The Hall–Kier alpha value is -3.56. The molecule has 212 valence electrons. The van der Waals surface area contributed by atoms with Crippen molar-refractivity contribution in [2.24, 2.45) is 11.8 Å². The van der Waals surface area contributed by atoms with E-state index in [4.69, 9.17) is 14.4 Å². The van der Waals surface area contributed by atoms with Crippen LogP contribution in [0.15, 0.2) is 34.9 Å². The van der Waals surface area contributed by atoms with Crippen LogP contribution in [0.3, 0.4) is 0 Å². The molecule has 0 bridgehead atoms. The highest BCUT2D eigenvalue weighted by molar-refractivity contribution is 5.80. The van der Waals surface area contributed by atoms with Crippen molar-refractivity contribution < 1.29 is 24.0 Å². The van der Waals surface area contributed by atoms with E-state index in [1.165, 1.54) is 11.1 Å². The molecule has 0 radical (unpaired) electrons. The maximum atomic E-state index is 12.8. The molecule has 10 heteroatoms. The fourth-order valence-electron chi connectivity index (χ4n) is 5.11. The minimum absolute atomic E-state index is 0.0164. The van der Waals surface area contributed by atoms with Gasteiger partial charge in [-0.1, -0.05) is 37.2 Å². The second-order valence-electron chi connectivity index (χ2n) is 10.9. The number of benzene rings is 1. The van der Waals surface area contributed by atoms with Crippen LogP contribution in [0.5, 0.6) is 5.75 Å².